The van der Waals surface area contributed by atoms with Gasteiger partial charge >= 0.3 is 10.4 Å². The number of carbonyl (C=O) groups is 1. The minimum absolute atomic E-state index is 0.0503. The molecule has 3 N–H and O–H groups in total. The number of hydrogen-bond donors (Lipinski definition) is 3. The average Bonchev–Trinajstić information content (AvgIpc) is 3.16. The van der Waals surface area contributed by atoms with Crippen molar-refractivity contribution in [2.45, 2.75) is 25.3 Å². The third-order valence-electron chi connectivity index (χ3n) is 5.12. The van der Waals surface area contributed by atoms with Crippen LogP contribution >= 0.6 is 15.9 Å². The van der Waals surface area contributed by atoms with E-state index in [-0.39, 0.29) is 18.7 Å². The number of halogens is 1. The zero-order valence-corrected chi connectivity index (χ0v) is 21.0. The van der Waals surface area contributed by atoms with Crippen LogP contribution in [-0.2, 0) is 21.6 Å². The molecule has 3 rings (SSSR count). The molecule has 2 aliphatic rings. The number of rotatable bonds is 7. The molecule has 1 aromatic carbocycles. The maximum absolute atomic E-state index is 12.6. The zero-order chi connectivity index (χ0) is 24.1. The Balaban J connectivity index is 0.000000654. The molecule has 1 aromatic rings. The van der Waals surface area contributed by atoms with Crippen LogP contribution in [0.3, 0.4) is 0 Å². The third-order valence-corrected chi connectivity index (χ3v) is 5.96. The predicted molar refractivity (Wildman–Crippen MR) is 121 cm³/mol. The van der Waals surface area contributed by atoms with Crippen LogP contribution in [0.15, 0.2) is 4.47 Å². The van der Waals surface area contributed by atoms with Crippen LogP contribution in [0.1, 0.15) is 30.0 Å². The van der Waals surface area contributed by atoms with Crippen molar-refractivity contribution in [2.75, 3.05) is 54.7 Å². The maximum atomic E-state index is 12.6. The first-order chi connectivity index (χ1) is 14.9. The van der Waals surface area contributed by atoms with E-state index in [1.165, 1.54) is 0 Å². The fourth-order valence-electron chi connectivity index (χ4n) is 3.72. The fraction of sp³-hybridized carbons (Fsp3) is 0.632. The van der Waals surface area contributed by atoms with E-state index in [2.05, 4.69) is 31.0 Å². The van der Waals surface area contributed by atoms with Gasteiger partial charge in [0.1, 0.15) is 0 Å². The molecule has 1 unspecified atom stereocenters. The maximum Gasteiger partial charge on any atom is 0.394 e. The van der Waals surface area contributed by atoms with E-state index in [1.54, 1.807) is 7.11 Å². The number of ether oxygens (including phenoxy) is 3. The molecule has 1 atom stereocenters. The lowest BCUT2D eigenvalue weighted by Gasteiger charge is -2.36. The molecule has 0 spiro atoms. The van der Waals surface area contributed by atoms with Gasteiger partial charge in [0.15, 0.2) is 11.5 Å². The third kappa shape index (κ3) is 7.18. The van der Waals surface area contributed by atoms with Crippen molar-refractivity contribution in [1.29, 1.82) is 0 Å². The van der Waals surface area contributed by atoms with Crippen LogP contribution in [0.4, 0.5) is 0 Å². The summed E-state index contributed by atoms with van der Waals surface area (Å²) in [6, 6.07) is -0.0663. The highest BCUT2D eigenvalue weighted by molar-refractivity contribution is 9.10. The number of carbonyl (C=O) groups excluding carboxylic acids is 1. The van der Waals surface area contributed by atoms with Gasteiger partial charge < -0.3 is 24.4 Å². The number of amides is 1. The summed E-state index contributed by atoms with van der Waals surface area (Å²) in [5.41, 5.74) is 2.16. The molecule has 2 aliphatic heterocycles. The summed E-state index contributed by atoms with van der Waals surface area (Å²) in [6.45, 7) is 2.69. The number of hydrogen-bond acceptors (Lipinski definition) is 8. The Kier molecular flexibility index (Phi) is 9.54. The van der Waals surface area contributed by atoms with Gasteiger partial charge in [-0.3, -0.25) is 18.8 Å². The molecule has 0 aromatic heterocycles. The van der Waals surface area contributed by atoms with E-state index in [1.807, 2.05) is 21.1 Å². The minimum Gasteiger partial charge on any atom is -0.492 e. The van der Waals surface area contributed by atoms with Crippen molar-refractivity contribution in [3.8, 4) is 17.2 Å². The van der Waals surface area contributed by atoms with Gasteiger partial charge in [0.05, 0.1) is 11.6 Å². The molecular formula is C19H30BrN3O8S. The van der Waals surface area contributed by atoms with Crippen LogP contribution in [0, 0.1) is 0 Å². The predicted octanol–water partition coefficient (Wildman–Crippen LogP) is 1.52. The Bertz CT molecular complexity index is 918. The van der Waals surface area contributed by atoms with Crippen molar-refractivity contribution in [2.24, 2.45) is 0 Å². The monoisotopic (exact) mass is 539 g/mol. The minimum atomic E-state index is -4.67. The summed E-state index contributed by atoms with van der Waals surface area (Å²) >= 11 is 3.68. The molecule has 0 aliphatic carbocycles. The second kappa shape index (κ2) is 11.5. The SMILES string of the molecule is COc1c2c(c(Br)c3c1C(CC(=O)NCCCN(C)C)N(C)CC3)OCO2.O=S(=O)(O)O. The average molecular weight is 540 g/mol. The Morgan fingerprint density at radius 3 is 2.53 bits per heavy atom. The Morgan fingerprint density at radius 1 is 1.31 bits per heavy atom. The van der Waals surface area contributed by atoms with Gasteiger partial charge in [0, 0.05) is 31.1 Å². The van der Waals surface area contributed by atoms with Crippen molar-refractivity contribution in [3.63, 3.8) is 0 Å². The molecule has 32 heavy (non-hydrogen) atoms. The van der Waals surface area contributed by atoms with Crippen LogP contribution in [-0.4, -0.2) is 87.9 Å². The number of nitrogens with zero attached hydrogens (tertiary/aromatic N) is 2. The molecule has 0 radical (unpaired) electrons. The number of benzene rings is 1. The van der Waals surface area contributed by atoms with Gasteiger partial charge in [0.25, 0.3) is 0 Å². The van der Waals surface area contributed by atoms with E-state index < -0.39 is 10.4 Å². The lowest BCUT2D eigenvalue weighted by molar-refractivity contribution is -0.122. The highest BCUT2D eigenvalue weighted by atomic mass is 79.9. The molecule has 0 fully saturated rings. The smallest absolute Gasteiger partial charge is 0.394 e. The highest BCUT2D eigenvalue weighted by Crippen LogP contribution is 2.54. The summed E-state index contributed by atoms with van der Waals surface area (Å²) in [7, 11) is 3.08. The lowest BCUT2D eigenvalue weighted by Crippen LogP contribution is -2.37. The van der Waals surface area contributed by atoms with Crippen molar-refractivity contribution in [1.82, 2.24) is 15.1 Å². The van der Waals surface area contributed by atoms with Crippen LogP contribution in [0.2, 0.25) is 0 Å². The van der Waals surface area contributed by atoms with Gasteiger partial charge in [-0.1, -0.05) is 0 Å². The molecule has 182 valence electrons. The standard InChI is InChI=1S/C19H28BrN3O4.H2O4S/c1-22(2)8-5-7-21-14(24)10-13-15-12(6-9-23(13)3)16(20)18-19(17(15)25-4)27-11-26-18;1-5(2,3)4/h13H,5-11H2,1-4H3,(H,21,24);(H2,1,2,3,4). The summed E-state index contributed by atoms with van der Waals surface area (Å²) in [5, 5.41) is 3.04. The van der Waals surface area contributed by atoms with Gasteiger partial charge in [-0.25, -0.2) is 0 Å². The van der Waals surface area contributed by atoms with Gasteiger partial charge in [-0.2, -0.15) is 8.42 Å². The summed E-state index contributed by atoms with van der Waals surface area (Å²) in [6.07, 6.45) is 2.18. The largest absolute Gasteiger partial charge is 0.492 e. The first-order valence-electron chi connectivity index (χ1n) is 9.93. The van der Waals surface area contributed by atoms with Gasteiger partial charge in [-0.15, -0.1) is 0 Å². The molecule has 13 heteroatoms. The second-order valence-corrected chi connectivity index (χ2v) is 9.40. The van der Waals surface area contributed by atoms with E-state index in [0.717, 1.165) is 41.5 Å². The summed E-state index contributed by atoms with van der Waals surface area (Å²) in [5.74, 6) is 2.05. The van der Waals surface area contributed by atoms with E-state index >= 15 is 0 Å². The zero-order valence-electron chi connectivity index (χ0n) is 18.6. The molecule has 1 amide bonds. The molecular weight excluding hydrogens is 510 g/mol. The number of methoxy groups -OCH3 is 1. The van der Waals surface area contributed by atoms with Crippen molar-refractivity contribution >= 4 is 32.2 Å². The quantitative estimate of drug-likeness (QED) is 0.345. The molecule has 2 heterocycles. The number of nitrogens with one attached hydrogen (secondary N) is 1. The first-order valence-corrected chi connectivity index (χ1v) is 12.1. The molecule has 0 saturated carbocycles. The van der Waals surface area contributed by atoms with E-state index in [9.17, 15) is 4.79 Å². The van der Waals surface area contributed by atoms with E-state index in [0.29, 0.717) is 30.2 Å². The van der Waals surface area contributed by atoms with Crippen molar-refractivity contribution in [3.05, 3.63) is 15.6 Å². The Morgan fingerprint density at radius 2 is 1.94 bits per heavy atom. The summed E-state index contributed by atoms with van der Waals surface area (Å²) in [4.78, 5) is 16.9. The topological polar surface area (TPSA) is 138 Å². The highest BCUT2D eigenvalue weighted by Gasteiger charge is 2.37. The van der Waals surface area contributed by atoms with Gasteiger partial charge in [0.2, 0.25) is 18.4 Å². The Labute approximate surface area is 196 Å². The van der Waals surface area contributed by atoms with Gasteiger partial charge in [-0.05, 0) is 62.0 Å². The molecule has 0 saturated heterocycles. The van der Waals surface area contributed by atoms with E-state index in [4.69, 9.17) is 31.7 Å². The second-order valence-electron chi connectivity index (χ2n) is 7.71. The van der Waals surface area contributed by atoms with Crippen LogP contribution in [0.25, 0.3) is 0 Å². The first kappa shape index (κ1) is 26.6. The van der Waals surface area contributed by atoms with Crippen LogP contribution < -0.4 is 19.5 Å². The molecule has 0 bridgehead atoms. The summed E-state index contributed by atoms with van der Waals surface area (Å²) < 4.78 is 49.5. The lowest BCUT2D eigenvalue weighted by atomic mass is 9.89. The Hall–Kier alpha value is -1.64. The van der Waals surface area contributed by atoms with Crippen LogP contribution in [0.5, 0.6) is 17.2 Å². The molecule has 11 nitrogen and oxygen atoms in total. The number of fused-ring (bicyclic) bond motifs is 2. The fourth-order valence-corrected chi connectivity index (χ4v) is 4.42. The number of likely N-dealkylation sites (N-methyl/N-ethyl adjacent to an activating group) is 1. The normalized spacial score (nSPS) is 17.4. The van der Waals surface area contributed by atoms with Crippen molar-refractivity contribution < 1.29 is 36.5 Å².